The van der Waals surface area contributed by atoms with E-state index in [1.165, 1.54) is 0 Å². The molecule has 0 bridgehead atoms. The lowest BCUT2D eigenvalue weighted by atomic mass is 10.2. The summed E-state index contributed by atoms with van der Waals surface area (Å²) in [5.74, 6) is 1.50. The van der Waals surface area contributed by atoms with Crippen molar-refractivity contribution in [3.05, 3.63) is 53.1 Å². The zero-order chi connectivity index (χ0) is 13.0. The monoisotopic (exact) mass is 263 g/mol. The molecule has 0 saturated carbocycles. The molecule has 0 amide bonds. The van der Waals surface area contributed by atoms with Crippen molar-refractivity contribution < 1.29 is 9.47 Å². The second-order valence-corrected chi connectivity index (χ2v) is 4.23. The smallest absolute Gasteiger partial charge is 0.123 e. The van der Waals surface area contributed by atoms with Gasteiger partial charge in [-0.15, -0.1) is 0 Å². The van der Waals surface area contributed by atoms with Gasteiger partial charge in [0.2, 0.25) is 0 Å². The van der Waals surface area contributed by atoms with Crippen LogP contribution in [-0.4, -0.2) is 7.11 Å². The Morgan fingerprint density at radius 2 is 1.89 bits per heavy atom. The van der Waals surface area contributed by atoms with Gasteiger partial charge in [0, 0.05) is 22.3 Å². The predicted molar refractivity (Wildman–Crippen MR) is 73.2 cm³/mol. The highest BCUT2D eigenvalue weighted by molar-refractivity contribution is 6.31. The van der Waals surface area contributed by atoms with E-state index in [0.717, 1.165) is 17.1 Å². The number of rotatable bonds is 4. The highest BCUT2D eigenvalue weighted by Gasteiger charge is 2.02. The van der Waals surface area contributed by atoms with Crippen molar-refractivity contribution in [2.75, 3.05) is 12.8 Å². The Morgan fingerprint density at radius 1 is 1.11 bits per heavy atom. The molecule has 0 aliphatic heterocycles. The highest BCUT2D eigenvalue weighted by atomic mass is 35.5. The fraction of sp³-hybridized carbons (Fsp3) is 0.143. The van der Waals surface area contributed by atoms with Crippen LogP contribution in [0, 0.1) is 0 Å². The first kappa shape index (κ1) is 12.6. The molecule has 2 aromatic rings. The molecular formula is C14H14ClNO2. The number of anilines is 1. The lowest BCUT2D eigenvalue weighted by Crippen LogP contribution is -1.97. The predicted octanol–water partition coefficient (Wildman–Crippen LogP) is 3.51. The average Bonchev–Trinajstić information content (AvgIpc) is 2.38. The largest absolute Gasteiger partial charge is 0.497 e. The van der Waals surface area contributed by atoms with Crippen molar-refractivity contribution in [2.24, 2.45) is 0 Å². The summed E-state index contributed by atoms with van der Waals surface area (Å²) in [5, 5.41) is 0.609. The third kappa shape index (κ3) is 3.08. The summed E-state index contributed by atoms with van der Waals surface area (Å²) in [4.78, 5) is 0. The molecule has 0 unspecified atom stereocenters. The molecule has 2 aromatic carbocycles. The lowest BCUT2D eigenvalue weighted by molar-refractivity contribution is 0.304. The fourth-order valence-corrected chi connectivity index (χ4v) is 1.78. The van der Waals surface area contributed by atoms with E-state index in [2.05, 4.69) is 0 Å². The third-order valence-electron chi connectivity index (χ3n) is 2.51. The number of benzene rings is 2. The van der Waals surface area contributed by atoms with Crippen LogP contribution in [0.2, 0.25) is 5.02 Å². The van der Waals surface area contributed by atoms with Crippen LogP contribution in [-0.2, 0) is 6.61 Å². The topological polar surface area (TPSA) is 44.5 Å². The van der Waals surface area contributed by atoms with Crippen LogP contribution < -0.4 is 15.2 Å². The minimum absolute atomic E-state index is 0.395. The normalized spacial score (nSPS) is 10.1. The second kappa shape index (κ2) is 5.65. The van der Waals surface area contributed by atoms with Crippen LogP contribution in [0.5, 0.6) is 11.5 Å². The van der Waals surface area contributed by atoms with E-state index < -0.39 is 0 Å². The summed E-state index contributed by atoms with van der Waals surface area (Å²) in [6.45, 7) is 0.395. The number of ether oxygens (including phenoxy) is 2. The quantitative estimate of drug-likeness (QED) is 0.859. The average molecular weight is 264 g/mol. The maximum Gasteiger partial charge on any atom is 0.123 e. The molecule has 2 N–H and O–H groups in total. The Hall–Kier alpha value is -1.87. The molecule has 0 aliphatic carbocycles. The van der Waals surface area contributed by atoms with Crippen molar-refractivity contribution in [1.82, 2.24) is 0 Å². The van der Waals surface area contributed by atoms with Gasteiger partial charge < -0.3 is 15.2 Å². The number of hydrogen-bond donors (Lipinski definition) is 1. The second-order valence-electron chi connectivity index (χ2n) is 3.82. The van der Waals surface area contributed by atoms with Crippen molar-refractivity contribution in [3.8, 4) is 11.5 Å². The van der Waals surface area contributed by atoms with Gasteiger partial charge in [-0.3, -0.25) is 0 Å². The zero-order valence-corrected chi connectivity index (χ0v) is 10.8. The molecule has 0 saturated heterocycles. The minimum Gasteiger partial charge on any atom is -0.497 e. The fourth-order valence-electron chi connectivity index (χ4n) is 1.53. The van der Waals surface area contributed by atoms with Gasteiger partial charge in [-0.1, -0.05) is 23.7 Å². The molecule has 0 heterocycles. The molecule has 0 spiro atoms. The van der Waals surface area contributed by atoms with Crippen molar-refractivity contribution in [2.45, 2.75) is 6.61 Å². The molecule has 94 valence electrons. The molecule has 4 heteroatoms. The van der Waals surface area contributed by atoms with E-state index in [9.17, 15) is 0 Å². The van der Waals surface area contributed by atoms with Gasteiger partial charge in [0.05, 0.1) is 7.11 Å². The number of nitrogens with two attached hydrogens (primary N) is 1. The van der Waals surface area contributed by atoms with Crippen LogP contribution in [0.15, 0.2) is 42.5 Å². The molecule has 0 fully saturated rings. The van der Waals surface area contributed by atoms with E-state index in [-0.39, 0.29) is 0 Å². The molecule has 0 aliphatic rings. The summed E-state index contributed by atoms with van der Waals surface area (Å²) in [5.41, 5.74) is 7.17. The molecular weight excluding hydrogens is 250 g/mol. The van der Waals surface area contributed by atoms with Crippen molar-refractivity contribution in [3.63, 3.8) is 0 Å². The summed E-state index contributed by atoms with van der Waals surface area (Å²) in [6.07, 6.45) is 0. The summed E-state index contributed by atoms with van der Waals surface area (Å²) >= 11 is 6.07. The number of nitrogen functional groups attached to an aromatic ring is 1. The summed E-state index contributed by atoms with van der Waals surface area (Å²) < 4.78 is 10.8. The highest BCUT2D eigenvalue weighted by Crippen LogP contribution is 2.23. The van der Waals surface area contributed by atoms with Crippen LogP contribution in [0.1, 0.15) is 5.56 Å². The van der Waals surface area contributed by atoms with E-state index >= 15 is 0 Å². The maximum absolute atomic E-state index is 6.07. The van der Waals surface area contributed by atoms with Gasteiger partial charge in [0.25, 0.3) is 0 Å². The Balaban J connectivity index is 2.06. The van der Waals surface area contributed by atoms with Gasteiger partial charge >= 0.3 is 0 Å². The van der Waals surface area contributed by atoms with Gasteiger partial charge in [-0.05, 0) is 24.3 Å². The van der Waals surface area contributed by atoms with E-state index in [1.807, 2.05) is 30.3 Å². The minimum atomic E-state index is 0.395. The SMILES string of the molecule is COc1cccc(OCc2ccc(N)cc2Cl)c1. The third-order valence-corrected chi connectivity index (χ3v) is 2.86. The van der Waals surface area contributed by atoms with Gasteiger partial charge in [-0.2, -0.15) is 0 Å². The first-order chi connectivity index (χ1) is 8.69. The Morgan fingerprint density at radius 3 is 2.61 bits per heavy atom. The zero-order valence-electron chi connectivity index (χ0n) is 10.0. The van der Waals surface area contributed by atoms with Crippen LogP contribution in [0.4, 0.5) is 5.69 Å². The Kier molecular flexibility index (Phi) is 3.95. The lowest BCUT2D eigenvalue weighted by Gasteiger charge is -2.09. The Labute approximate surface area is 111 Å². The molecule has 2 rings (SSSR count). The summed E-state index contributed by atoms with van der Waals surface area (Å²) in [6, 6.07) is 12.8. The first-order valence-electron chi connectivity index (χ1n) is 5.50. The first-order valence-corrected chi connectivity index (χ1v) is 5.87. The molecule has 0 atom stereocenters. The van der Waals surface area contributed by atoms with Crippen LogP contribution in [0.3, 0.4) is 0 Å². The van der Waals surface area contributed by atoms with E-state index in [1.54, 1.807) is 19.2 Å². The molecule has 18 heavy (non-hydrogen) atoms. The number of halogens is 1. The maximum atomic E-state index is 6.07. The Bertz CT molecular complexity index is 543. The van der Waals surface area contributed by atoms with Crippen LogP contribution in [0.25, 0.3) is 0 Å². The molecule has 3 nitrogen and oxygen atoms in total. The van der Waals surface area contributed by atoms with Gasteiger partial charge in [0.1, 0.15) is 18.1 Å². The van der Waals surface area contributed by atoms with Gasteiger partial charge in [-0.25, -0.2) is 0 Å². The summed E-state index contributed by atoms with van der Waals surface area (Å²) in [7, 11) is 1.62. The van der Waals surface area contributed by atoms with Gasteiger partial charge in [0.15, 0.2) is 0 Å². The van der Waals surface area contributed by atoms with Crippen molar-refractivity contribution >= 4 is 17.3 Å². The van der Waals surface area contributed by atoms with E-state index in [0.29, 0.717) is 17.3 Å². The van der Waals surface area contributed by atoms with Crippen molar-refractivity contribution in [1.29, 1.82) is 0 Å². The van der Waals surface area contributed by atoms with E-state index in [4.69, 9.17) is 26.8 Å². The standard InChI is InChI=1S/C14H14ClNO2/c1-17-12-3-2-4-13(8-12)18-9-10-5-6-11(16)7-14(10)15/h2-8H,9,16H2,1H3. The molecule has 0 radical (unpaired) electrons. The molecule has 0 aromatic heterocycles. The number of methoxy groups -OCH3 is 1. The van der Waals surface area contributed by atoms with Crippen LogP contribution >= 0.6 is 11.6 Å². The number of hydrogen-bond acceptors (Lipinski definition) is 3.